The van der Waals surface area contributed by atoms with Crippen LogP contribution < -0.4 is 4.72 Å². The summed E-state index contributed by atoms with van der Waals surface area (Å²) in [5.74, 6) is -0.935. The lowest BCUT2D eigenvalue weighted by atomic mass is 9.92. The maximum atomic E-state index is 13.0. The van der Waals surface area contributed by atoms with Crippen molar-refractivity contribution in [2.45, 2.75) is 31.2 Å². The van der Waals surface area contributed by atoms with E-state index in [2.05, 4.69) is 4.72 Å². The molecular weight excluding hydrogens is 291 g/mol. The van der Waals surface area contributed by atoms with Crippen molar-refractivity contribution < 1.29 is 12.8 Å². The highest BCUT2D eigenvalue weighted by Crippen LogP contribution is 2.23. The van der Waals surface area contributed by atoms with Crippen LogP contribution >= 0.6 is 11.6 Å². The topological polar surface area (TPSA) is 70.0 Å². The average molecular weight is 305 g/mol. The summed E-state index contributed by atoms with van der Waals surface area (Å²) in [6, 6.07) is 5.01. The van der Waals surface area contributed by atoms with Crippen molar-refractivity contribution in [1.29, 1.82) is 5.26 Å². The Morgan fingerprint density at radius 2 is 2.05 bits per heavy atom. The van der Waals surface area contributed by atoms with Crippen LogP contribution in [-0.4, -0.2) is 14.0 Å². The first kappa shape index (κ1) is 15.9. The number of hydrogen-bond donors (Lipinski definition) is 1. The molecule has 1 atom stereocenters. The molecule has 0 aliphatic heterocycles. The molecule has 1 aromatic carbocycles. The van der Waals surface area contributed by atoms with Gasteiger partial charge < -0.3 is 0 Å². The van der Waals surface area contributed by atoms with E-state index < -0.39 is 21.4 Å². The molecule has 19 heavy (non-hydrogen) atoms. The molecule has 0 saturated heterocycles. The fourth-order valence-corrected chi connectivity index (χ4v) is 2.97. The molecule has 0 aliphatic rings. The summed E-state index contributed by atoms with van der Waals surface area (Å²) < 4.78 is 39.6. The van der Waals surface area contributed by atoms with Crippen molar-refractivity contribution in [1.82, 2.24) is 4.72 Å². The summed E-state index contributed by atoms with van der Waals surface area (Å²) in [7, 11) is -3.94. The maximum absolute atomic E-state index is 13.0. The van der Waals surface area contributed by atoms with E-state index in [9.17, 15) is 12.8 Å². The number of nitrogens with one attached hydrogen (secondary N) is 1. The molecule has 4 nitrogen and oxygen atoms in total. The van der Waals surface area contributed by atoms with Crippen LogP contribution in [0.3, 0.4) is 0 Å². The van der Waals surface area contributed by atoms with Crippen LogP contribution in [0.1, 0.15) is 20.8 Å². The molecule has 0 spiro atoms. The standard InChI is InChI=1S/C12H14ClFN2O2S/c1-8(2)12(3,7-15)16-19(17,18)9-4-5-11(14)10(13)6-9/h4-6,8,16H,1-3H3/t12-/m0/s1. The van der Waals surface area contributed by atoms with Crippen molar-refractivity contribution in [2.75, 3.05) is 0 Å². The maximum Gasteiger partial charge on any atom is 0.242 e. The molecule has 1 aromatic rings. The van der Waals surface area contributed by atoms with E-state index in [1.54, 1.807) is 13.8 Å². The molecule has 7 heteroatoms. The number of rotatable bonds is 4. The monoisotopic (exact) mass is 304 g/mol. The van der Waals surface area contributed by atoms with Crippen LogP contribution in [0, 0.1) is 23.1 Å². The van der Waals surface area contributed by atoms with Crippen molar-refractivity contribution in [2.24, 2.45) is 5.92 Å². The van der Waals surface area contributed by atoms with E-state index in [-0.39, 0.29) is 15.8 Å². The van der Waals surface area contributed by atoms with Gasteiger partial charge in [0.1, 0.15) is 11.4 Å². The van der Waals surface area contributed by atoms with Crippen LogP contribution in [0.5, 0.6) is 0 Å². The second-order valence-corrected chi connectivity index (χ2v) is 6.74. The Bertz CT molecular complexity index is 625. The summed E-state index contributed by atoms with van der Waals surface area (Å²) in [6.07, 6.45) is 0. The molecule has 1 rings (SSSR count). The Balaban J connectivity index is 3.19. The van der Waals surface area contributed by atoms with E-state index >= 15 is 0 Å². The summed E-state index contributed by atoms with van der Waals surface area (Å²) >= 11 is 5.56. The Labute approximate surface area is 117 Å². The molecule has 0 aliphatic carbocycles. The minimum Gasteiger partial charge on any atom is -0.207 e. The molecule has 104 valence electrons. The van der Waals surface area contributed by atoms with Gasteiger partial charge in [0.15, 0.2) is 0 Å². The Kier molecular flexibility index (Phi) is 4.56. The highest BCUT2D eigenvalue weighted by Gasteiger charge is 2.34. The Hall–Kier alpha value is -1.16. The van der Waals surface area contributed by atoms with Crippen molar-refractivity contribution in [3.63, 3.8) is 0 Å². The summed E-state index contributed by atoms with van der Waals surface area (Å²) in [5.41, 5.74) is -1.25. The van der Waals surface area contributed by atoms with Crippen LogP contribution in [-0.2, 0) is 10.0 Å². The van der Waals surface area contributed by atoms with E-state index in [0.29, 0.717) is 0 Å². The van der Waals surface area contributed by atoms with Crippen LogP contribution in [0.2, 0.25) is 5.02 Å². The number of nitriles is 1. The average Bonchev–Trinajstić information content (AvgIpc) is 2.31. The number of sulfonamides is 1. The lowest BCUT2D eigenvalue weighted by Crippen LogP contribution is -2.48. The predicted molar refractivity (Wildman–Crippen MR) is 70.6 cm³/mol. The number of hydrogen-bond acceptors (Lipinski definition) is 3. The second kappa shape index (κ2) is 5.45. The SMILES string of the molecule is CC(C)[C@](C)(C#N)NS(=O)(=O)c1ccc(F)c(Cl)c1. The zero-order valence-electron chi connectivity index (χ0n) is 10.7. The molecule has 1 N–H and O–H groups in total. The minimum absolute atomic E-state index is 0.180. The molecule has 0 radical (unpaired) electrons. The van der Waals surface area contributed by atoms with E-state index in [1.165, 1.54) is 6.92 Å². The molecule has 0 fully saturated rings. The second-order valence-electron chi connectivity index (χ2n) is 4.65. The highest BCUT2D eigenvalue weighted by atomic mass is 35.5. The van der Waals surface area contributed by atoms with Gasteiger partial charge >= 0.3 is 0 Å². The molecule has 0 saturated carbocycles. The van der Waals surface area contributed by atoms with Crippen LogP contribution in [0.4, 0.5) is 4.39 Å². The number of halogens is 2. The highest BCUT2D eigenvalue weighted by molar-refractivity contribution is 7.89. The van der Waals surface area contributed by atoms with Crippen molar-refractivity contribution in [3.8, 4) is 6.07 Å². The number of nitrogens with zero attached hydrogens (tertiary/aromatic N) is 1. The van der Waals surface area contributed by atoms with Crippen LogP contribution in [0.15, 0.2) is 23.1 Å². The zero-order chi connectivity index (χ0) is 14.8. The van der Waals surface area contributed by atoms with Gasteiger partial charge in [0.25, 0.3) is 0 Å². The van der Waals surface area contributed by atoms with E-state index in [1.807, 2.05) is 6.07 Å². The normalized spacial score (nSPS) is 15.0. The van der Waals surface area contributed by atoms with Gasteiger partial charge in [-0.3, -0.25) is 0 Å². The van der Waals surface area contributed by atoms with Crippen molar-refractivity contribution in [3.05, 3.63) is 29.0 Å². The summed E-state index contributed by atoms with van der Waals surface area (Å²) in [5, 5.41) is 8.82. The molecular formula is C12H14ClFN2O2S. The first-order valence-electron chi connectivity index (χ1n) is 5.52. The molecule has 0 aromatic heterocycles. The molecule has 0 bridgehead atoms. The minimum atomic E-state index is -3.94. The Morgan fingerprint density at radius 3 is 2.47 bits per heavy atom. The van der Waals surface area contributed by atoms with Crippen molar-refractivity contribution >= 4 is 21.6 Å². The third-order valence-electron chi connectivity index (χ3n) is 2.93. The molecule has 0 heterocycles. The van der Waals surface area contributed by atoms with Gasteiger partial charge in [-0.2, -0.15) is 9.98 Å². The molecule has 0 amide bonds. The quantitative estimate of drug-likeness (QED) is 0.929. The van der Waals surface area contributed by atoms with E-state index in [0.717, 1.165) is 18.2 Å². The smallest absolute Gasteiger partial charge is 0.207 e. The Morgan fingerprint density at radius 1 is 1.47 bits per heavy atom. The van der Waals surface area contributed by atoms with Gasteiger partial charge in [-0.15, -0.1) is 0 Å². The van der Waals surface area contributed by atoms with Crippen LogP contribution in [0.25, 0.3) is 0 Å². The zero-order valence-corrected chi connectivity index (χ0v) is 12.3. The van der Waals surface area contributed by atoms with Gasteiger partial charge in [-0.1, -0.05) is 25.4 Å². The lowest BCUT2D eigenvalue weighted by molar-refractivity contribution is 0.389. The first-order chi connectivity index (χ1) is 8.62. The molecule has 0 unspecified atom stereocenters. The summed E-state index contributed by atoms with van der Waals surface area (Å²) in [4.78, 5) is -0.180. The van der Waals surface area contributed by atoms with Gasteiger partial charge in [0.05, 0.1) is 16.0 Å². The fraction of sp³-hybridized carbons (Fsp3) is 0.417. The number of benzene rings is 1. The largest absolute Gasteiger partial charge is 0.242 e. The lowest BCUT2D eigenvalue weighted by Gasteiger charge is -2.26. The van der Waals surface area contributed by atoms with Gasteiger partial charge in [-0.25, -0.2) is 12.8 Å². The third-order valence-corrected chi connectivity index (χ3v) is 4.79. The third kappa shape index (κ3) is 3.44. The summed E-state index contributed by atoms with van der Waals surface area (Å²) in [6.45, 7) is 4.94. The predicted octanol–water partition coefficient (Wildman–Crippen LogP) is 2.70. The fourth-order valence-electron chi connectivity index (χ4n) is 1.25. The van der Waals surface area contributed by atoms with E-state index in [4.69, 9.17) is 16.9 Å². The van der Waals surface area contributed by atoms with Gasteiger partial charge in [-0.05, 0) is 31.0 Å². The first-order valence-corrected chi connectivity index (χ1v) is 7.39. The van der Waals surface area contributed by atoms with Gasteiger partial charge in [0, 0.05) is 0 Å². The van der Waals surface area contributed by atoms with Gasteiger partial charge in [0.2, 0.25) is 10.0 Å².